The molecule has 0 aromatic carbocycles. The zero-order chi connectivity index (χ0) is 8.08. The van der Waals surface area contributed by atoms with E-state index >= 15 is 0 Å². The normalized spacial score (nSPS) is 9.56. The van der Waals surface area contributed by atoms with E-state index in [1.54, 1.807) is 0 Å². The second kappa shape index (κ2) is 5.59. The fourth-order valence-electron chi connectivity index (χ4n) is 0. The molecule has 0 aromatic rings. The second-order valence-corrected chi connectivity index (χ2v) is 2.78. The summed E-state index contributed by atoms with van der Waals surface area (Å²) in [5.41, 5.74) is -1.09. The van der Waals surface area contributed by atoms with E-state index in [0.29, 0.717) is 0 Å². The summed E-state index contributed by atoms with van der Waals surface area (Å²) in [6.45, 7) is 0.848. The van der Waals surface area contributed by atoms with Crippen molar-refractivity contribution in [2.45, 2.75) is 11.1 Å². The number of hydrogen-bond donors (Lipinski definition) is 2. The fourth-order valence-corrected chi connectivity index (χ4v) is 0. The minimum absolute atomic E-state index is 0.848. The molecular formula is C3H8NaO4P. The third-order valence-electron chi connectivity index (χ3n) is 0.410. The Balaban J connectivity index is 0. The van der Waals surface area contributed by atoms with Crippen molar-refractivity contribution in [1.82, 2.24) is 0 Å². The van der Waals surface area contributed by atoms with Crippen LogP contribution in [0.2, 0.25) is 4.17 Å². The summed E-state index contributed by atoms with van der Waals surface area (Å²) >= 11 is 1.31. The molecule has 0 bridgehead atoms. The second-order valence-electron chi connectivity index (χ2n) is 1.06. The van der Waals surface area contributed by atoms with E-state index in [0.717, 1.165) is 6.92 Å². The van der Waals surface area contributed by atoms with Crippen LogP contribution in [0.25, 0.3) is 0 Å². The number of carbonyl (C=O) groups is 1. The first-order valence-electron chi connectivity index (χ1n) is 2.51. The molecular weight excluding hydrogens is 154 g/mol. The molecule has 0 aliphatic heterocycles. The van der Waals surface area contributed by atoms with E-state index in [1.165, 1.54) is 27.9 Å². The molecule has 9 heavy (non-hydrogen) atoms. The Labute approximate surface area is 71.2 Å². The predicted molar refractivity (Wildman–Crippen MR) is 34.3 cm³/mol. The average Bonchev–Trinajstić information content (AvgIpc) is 1.69. The Morgan fingerprint density at radius 3 is 1.56 bits per heavy atom. The Hall–Kier alpha value is 0.820. The maximum atomic E-state index is 9.70. The Kier molecular flexibility index (Phi) is 7.76. The molecule has 0 spiro atoms. The minimum atomic E-state index is -4.38. The number of hydrogen-bond acceptors (Lipinski definition) is 2. The summed E-state index contributed by atoms with van der Waals surface area (Å²) in [5, 5.41) is 0. The van der Waals surface area contributed by atoms with Crippen LogP contribution in [0.5, 0.6) is 0 Å². The van der Waals surface area contributed by atoms with Gasteiger partial charge >= 0.3 is 39.7 Å². The van der Waals surface area contributed by atoms with E-state index in [1.807, 2.05) is 0 Å². The van der Waals surface area contributed by atoms with Crippen LogP contribution in [0.4, 0.5) is 0 Å². The summed E-state index contributed by atoms with van der Waals surface area (Å²) in [6, 6.07) is 0. The Bertz CT molecular complexity index is 128. The molecule has 0 amide bonds. The molecule has 2 N–H and O–H groups in total. The molecule has 0 rings (SSSR count). The van der Waals surface area contributed by atoms with Crippen molar-refractivity contribution in [3.05, 3.63) is 0 Å². The van der Waals surface area contributed by atoms with Gasteiger partial charge in [-0.1, -0.05) is 0 Å². The molecule has 0 radical (unpaired) electrons. The van der Waals surface area contributed by atoms with Crippen molar-refractivity contribution in [3.63, 3.8) is 0 Å². The van der Waals surface area contributed by atoms with E-state index in [9.17, 15) is 9.36 Å². The van der Waals surface area contributed by atoms with Gasteiger partial charge in [-0.3, -0.25) is 9.36 Å². The van der Waals surface area contributed by atoms with Gasteiger partial charge in [0.1, 0.15) is 0 Å². The van der Waals surface area contributed by atoms with Gasteiger partial charge < -0.3 is 9.79 Å². The summed E-state index contributed by atoms with van der Waals surface area (Å²) in [5.74, 6) is 0. The van der Waals surface area contributed by atoms with Gasteiger partial charge in [0.15, 0.2) is 0 Å². The van der Waals surface area contributed by atoms with E-state index < -0.39 is 13.1 Å². The van der Waals surface area contributed by atoms with Gasteiger partial charge in [-0.2, -0.15) is 0 Å². The standard InChI is InChI=1S/C2H5O4P.CH3.Na/c1-2(3)7(4,5)6;;/h1H3,(H2,4,5,6);1H3;. The molecule has 0 unspecified atom stereocenters. The van der Waals surface area contributed by atoms with Crippen molar-refractivity contribution in [2.75, 3.05) is 0 Å². The van der Waals surface area contributed by atoms with Crippen LogP contribution in [0.1, 0.15) is 6.92 Å². The molecule has 0 heterocycles. The van der Waals surface area contributed by atoms with Crippen LogP contribution in [0.15, 0.2) is 0 Å². The van der Waals surface area contributed by atoms with Crippen LogP contribution < -0.4 is 0 Å². The molecule has 0 aliphatic rings. The van der Waals surface area contributed by atoms with Gasteiger partial charge in [-0.15, -0.1) is 0 Å². The first kappa shape index (κ1) is 12.5. The van der Waals surface area contributed by atoms with Crippen LogP contribution in [0.3, 0.4) is 0 Å². The molecule has 0 fully saturated rings. The third-order valence-corrected chi connectivity index (χ3v) is 1.23. The van der Waals surface area contributed by atoms with Crippen LogP contribution >= 0.6 is 7.60 Å². The first-order valence-corrected chi connectivity index (χ1v) is 6.12. The SMILES string of the molecule is CC(=O)P(=O)(O)O.[CH3][Na]. The zero-order valence-corrected chi connectivity index (χ0v) is 8.55. The van der Waals surface area contributed by atoms with E-state index in [4.69, 9.17) is 9.79 Å². The topological polar surface area (TPSA) is 74.6 Å². The van der Waals surface area contributed by atoms with Crippen molar-refractivity contribution < 1.29 is 19.1 Å². The van der Waals surface area contributed by atoms with Crippen molar-refractivity contribution in [1.29, 1.82) is 0 Å². The summed E-state index contributed by atoms with van der Waals surface area (Å²) in [4.78, 5) is 25.4. The third kappa shape index (κ3) is 8.82. The van der Waals surface area contributed by atoms with Crippen LogP contribution in [-0.2, 0) is 9.36 Å². The van der Waals surface area contributed by atoms with Gasteiger partial charge in [0.2, 0.25) is 5.52 Å². The average molecular weight is 162 g/mol. The number of carbonyl (C=O) groups excluding carboxylic acids is 1. The number of rotatable bonds is 1. The van der Waals surface area contributed by atoms with Gasteiger partial charge in [-0.05, 0) is 0 Å². The Morgan fingerprint density at radius 2 is 1.56 bits per heavy atom. The summed E-state index contributed by atoms with van der Waals surface area (Å²) < 4.78 is 11.8. The summed E-state index contributed by atoms with van der Waals surface area (Å²) in [6.07, 6.45) is 0. The molecule has 0 saturated carbocycles. The fraction of sp³-hybridized carbons (Fsp3) is 0.667. The van der Waals surface area contributed by atoms with Crippen LogP contribution in [0, 0.1) is 0 Å². The van der Waals surface area contributed by atoms with E-state index in [2.05, 4.69) is 4.17 Å². The van der Waals surface area contributed by atoms with Crippen molar-refractivity contribution >= 4 is 41.1 Å². The van der Waals surface area contributed by atoms with Gasteiger partial charge in [0, 0.05) is 6.92 Å². The van der Waals surface area contributed by atoms with Gasteiger partial charge in [0.25, 0.3) is 0 Å². The quantitative estimate of drug-likeness (QED) is 0.417. The first-order chi connectivity index (χ1) is 3.94. The molecule has 0 aliphatic carbocycles. The zero-order valence-electron chi connectivity index (χ0n) is 5.66. The molecule has 0 aromatic heterocycles. The van der Waals surface area contributed by atoms with Gasteiger partial charge in [0.05, 0.1) is 0 Å². The van der Waals surface area contributed by atoms with E-state index in [-0.39, 0.29) is 0 Å². The predicted octanol–water partition coefficient (Wildman–Crippen LogP) is -0.0864. The van der Waals surface area contributed by atoms with Gasteiger partial charge in [-0.25, -0.2) is 0 Å². The molecule has 0 saturated heterocycles. The summed E-state index contributed by atoms with van der Waals surface area (Å²) in [7, 11) is -4.38. The molecule has 50 valence electrons. The van der Waals surface area contributed by atoms with Crippen molar-refractivity contribution in [2.24, 2.45) is 0 Å². The van der Waals surface area contributed by atoms with Crippen molar-refractivity contribution in [3.8, 4) is 0 Å². The Morgan fingerprint density at radius 1 is 1.44 bits per heavy atom. The maximum absolute atomic E-state index is 9.70. The monoisotopic (exact) mass is 162 g/mol. The molecule has 0 atom stereocenters. The van der Waals surface area contributed by atoms with Crippen LogP contribution in [-0.4, -0.2) is 43.2 Å². The molecule has 6 heteroatoms. The molecule has 4 nitrogen and oxygen atoms in total.